The van der Waals surface area contributed by atoms with Crippen molar-refractivity contribution in [2.45, 2.75) is 27.7 Å². The molecule has 0 aliphatic carbocycles. The molecule has 20 heavy (non-hydrogen) atoms. The zero-order valence-electron chi connectivity index (χ0n) is 13.0. The van der Waals surface area contributed by atoms with Crippen molar-refractivity contribution in [2.24, 2.45) is 5.92 Å². The minimum Gasteiger partial charge on any atom is -0.329 e. The molecule has 2 atom stereocenters. The van der Waals surface area contributed by atoms with Crippen molar-refractivity contribution in [3.05, 3.63) is 28.8 Å². The molecule has 0 aromatic heterocycles. The average Bonchev–Trinajstić information content (AvgIpc) is 2.33. The fourth-order valence-electron chi connectivity index (χ4n) is 2.48. The Balaban J connectivity index is 2.66. The number of benzene rings is 1. The number of carbonyl (C=O) groups excluding carboxylic acids is 1. The number of nitrogens with zero attached hydrogens (tertiary/aromatic N) is 1. The van der Waals surface area contributed by atoms with Crippen molar-refractivity contribution >= 4 is 11.6 Å². The van der Waals surface area contributed by atoms with E-state index in [1.54, 1.807) is 0 Å². The van der Waals surface area contributed by atoms with Crippen LogP contribution in [0.2, 0.25) is 0 Å². The van der Waals surface area contributed by atoms with E-state index < -0.39 is 0 Å². The van der Waals surface area contributed by atoms with Gasteiger partial charge in [-0.05, 0) is 38.8 Å². The molecule has 108 valence electrons. The number of amides is 1. The van der Waals surface area contributed by atoms with Gasteiger partial charge in [0, 0.05) is 5.69 Å². The molecular weight excluding hydrogens is 250 g/mol. The zero-order valence-corrected chi connectivity index (χ0v) is 13.0. The minimum atomic E-state index is -0.0364. The summed E-state index contributed by atoms with van der Waals surface area (Å²) in [7, 11) is 1.93. The maximum Gasteiger partial charge on any atom is 0.279 e. The van der Waals surface area contributed by atoms with Gasteiger partial charge in [0.15, 0.2) is 6.54 Å². The molecule has 1 aromatic carbocycles. The highest BCUT2D eigenvalue weighted by Gasteiger charge is 2.15. The van der Waals surface area contributed by atoms with E-state index in [0.717, 1.165) is 21.7 Å². The van der Waals surface area contributed by atoms with Crippen LogP contribution in [-0.4, -0.2) is 26.0 Å². The van der Waals surface area contributed by atoms with Crippen molar-refractivity contribution in [1.29, 1.82) is 5.26 Å². The Morgan fingerprint density at radius 1 is 1.35 bits per heavy atom. The lowest BCUT2D eigenvalue weighted by molar-refractivity contribution is -0.873. The largest absolute Gasteiger partial charge is 0.329 e. The van der Waals surface area contributed by atoms with E-state index in [1.807, 2.05) is 34.7 Å². The van der Waals surface area contributed by atoms with Gasteiger partial charge in [-0.3, -0.25) is 4.79 Å². The normalized spacial score (nSPS) is 13.4. The molecule has 0 saturated heterocycles. The van der Waals surface area contributed by atoms with Crippen LogP contribution in [0.3, 0.4) is 0 Å². The summed E-state index contributed by atoms with van der Waals surface area (Å²) in [6, 6.07) is 6.32. The van der Waals surface area contributed by atoms with Crippen LogP contribution in [0.15, 0.2) is 12.1 Å². The number of carbonyl (C=O) groups is 1. The predicted molar refractivity (Wildman–Crippen MR) is 80.7 cm³/mol. The summed E-state index contributed by atoms with van der Waals surface area (Å²) in [6.07, 6.45) is 0. The van der Waals surface area contributed by atoms with Gasteiger partial charge in [0.05, 0.1) is 25.6 Å². The third-order valence-electron chi connectivity index (χ3n) is 3.28. The summed E-state index contributed by atoms with van der Waals surface area (Å²) in [5, 5.41) is 11.8. The van der Waals surface area contributed by atoms with E-state index in [-0.39, 0.29) is 11.8 Å². The number of quaternary nitrogens is 1. The van der Waals surface area contributed by atoms with Gasteiger partial charge < -0.3 is 10.2 Å². The molecule has 0 spiro atoms. The maximum absolute atomic E-state index is 12.1. The standard InChI is InChI=1S/C16H23N3O/c1-11-6-13(3)16(14(4)7-11)18-15(20)10-19(5)9-12(2)8-17/h6-7,12H,9-10H2,1-5H3,(H,18,20)/p+1/t12-/m0/s1. The Bertz CT molecular complexity index is 508. The van der Waals surface area contributed by atoms with Crippen molar-refractivity contribution in [1.82, 2.24) is 0 Å². The zero-order chi connectivity index (χ0) is 15.3. The summed E-state index contributed by atoms with van der Waals surface area (Å²) in [4.78, 5) is 13.1. The fourth-order valence-corrected chi connectivity index (χ4v) is 2.48. The number of hydrogen-bond acceptors (Lipinski definition) is 2. The molecule has 0 aliphatic rings. The number of nitrogens with one attached hydrogen (secondary N) is 2. The number of rotatable bonds is 5. The first kappa shape index (κ1) is 16.2. The highest BCUT2D eigenvalue weighted by Crippen LogP contribution is 2.21. The molecule has 1 aromatic rings. The van der Waals surface area contributed by atoms with Crippen LogP contribution >= 0.6 is 0 Å². The van der Waals surface area contributed by atoms with Crippen LogP contribution in [0.25, 0.3) is 0 Å². The van der Waals surface area contributed by atoms with Crippen LogP contribution in [0.5, 0.6) is 0 Å². The lowest BCUT2D eigenvalue weighted by Crippen LogP contribution is -3.10. The monoisotopic (exact) mass is 274 g/mol. The van der Waals surface area contributed by atoms with Crippen molar-refractivity contribution < 1.29 is 9.69 Å². The average molecular weight is 274 g/mol. The number of anilines is 1. The Kier molecular flexibility index (Phi) is 5.72. The second-order valence-corrected chi connectivity index (χ2v) is 5.69. The van der Waals surface area contributed by atoms with E-state index in [4.69, 9.17) is 5.26 Å². The molecule has 0 aliphatic heterocycles. The van der Waals surface area contributed by atoms with Crippen molar-refractivity contribution in [3.8, 4) is 6.07 Å². The lowest BCUT2D eigenvalue weighted by atomic mass is 10.1. The van der Waals surface area contributed by atoms with Gasteiger partial charge in [0.2, 0.25) is 0 Å². The van der Waals surface area contributed by atoms with E-state index in [9.17, 15) is 4.79 Å². The van der Waals surface area contributed by atoms with Crippen LogP contribution in [-0.2, 0) is 4.79 Å². The van der Waals surface area contributed by atoms with Gasteiger partial charge in [-0.2, -0.15) is 5.26 Å². The Morgan fingerprint density at radius 3 is 2.40 bits per heavy atom. The second kappa shape index (κ2) is 7.06. The molecule has 1 unspecified atom stereocenters. The van der Waals surface area contributed by atoms with E-state index in [1.165, 1.54) is 5.56 Å². The molecule has 4 nitrogen and oxygen atoms in total. The molecule has 0 bridgehead atoms. The number of likely N-dealkylation sites (N-methyl/N-ethyl adjacent to an activating group) is 1. The number of nitriles is 1. The number of hydrogen-bond donors (Lipinski definition) is 2. The predicted octanol–water partition coefficient (Wildman–Crippen LogP) is 1.22. The summed E-state index contributed by atoms with van der Waals surface area (Å²) in [6.45, 7) is 8.98. The smallest absolute Gasteiger partial charge is 0.279 e. The summed E-state index contributed by atoms with van der Waals surface area (Å²) in [5.41, 5.74) is 4.27. The molecule has 0 saturated carbocycles. The van der Waals surface area contributed by atoms with Gasteiger partial charge in [0.1, 0.15) is 0 Å². The first-order chi connectivity index (χ1) is 9.33. The number of aryl methyl sites for hydroxylation is 3. The lowest BCUT2D eigenvalue weighted by Gasteiger charge is -2.16. The fraction of sp³-hybridized carbons (Fsp3) is 0.500. The SMILES string of the molecule is Cc1cc(C)c(NC(=O)C[NH+](C)C[C@@H](C)C#N)c(C)c1. The second-order valence-electron chi connectivity index (χ2n) is 5.69. The molecular formula is C16H24N3O+. The Labute approximate surface area is 121 Å². The molecule has 4 heteroatoms. The maximum atomic E-state index is 12.1. The third-order valence-corrected chi connectivity index (χ3v) is 3.28. The summed E-state index contributed by atoms with van der Waals surface area (Å²) >= 11 is 0. The van der Waals surface area contributed by atoms with Gasteiger partial charge in [-0.15, -0.1) is 0 Å². The molecule has 1 rings (SSSR count). The Morgan fingerprint density at radius 2 is 1.90 bits per heavy atom. The van der Waals surface area contributed by atoms with Gasteiger partial charge in [-0.25, -0.2) is 0 Å². The van der Waals surface area contributed by atoms with Crippen LogP contribution < -0.4 is 10.2 Å². The van der Waals surface area contributed by atoms with Crippen molar-refractivity contribution in [3.63, 3.8) is 0 Å². The van der Waals surface area contributed by atoms with E-state index in [0.29, 0.717) is 13.1 Å². The van der Waals surface area contributed by atoms with Gasteiger partial charge in [-0.1, -0.05) is 17.7 Å². The minimum absolute atomic E-state index is 0.0114. The third kappa shape index (κ3) is 4.67. The molecule has 1 amide bonds. The molecule has 0 radical (unpaired) electrons. The quantitative estimate of drug-likeness (QED) is 0.848. The molecule has 2 N–H and O–H groups in total. The molecule has 0 heterocycles. The highest BCUT2D eigenvalue weighted by atomic mass is 16.2. The van der Waals surface area contributed by atoms with Gasteiger partial charge >= 0.3 is 0 Å². The van der Waals surface area contributed by atoms with Crippen LogP contribution in [0.4, 0.5) is 5.69 Å². The van der Waals surface area contributed by atoms with Crippen LogP contribution in [0, 0.1) is 38.0 Å². The first-order valence-electron chi connectivity index (χ1n) is 6.92. The highest BCUT2D eigenvalue weighted by molar-refractivity contribution is 5.93. The van der Waals surface area contributed by atoms with Crippen LogP contribution in [0.1, 0.15) is 23.6 Å². The van der Waals surface area contributed by atoms with E-state index >= 15 is 0 Å². The van der Waals surface area contributed by atoms with Gasteiger partial charge in [0.25, 0.3) is 5.91 Å². The van der Waals surface area contributed by atoms with Crippen molar-refractivity contribution in [2.75, 3.05) is 25.5 Å². The van der Waals surface area contributed by atoms with E-state index in [2.05, 4.69) is 23.5 Å². The molecule has 0 fully saturated rings. The first-order valence-corrected chi connectivity index (χ1v) is 6.92. The summed E-state index contributed by atoms with van der Waals surface area (Å²) < 4.78 is 0. The topological polar surface area (TPSA) is 57.3 Å². The summed E-state index contributed by atoms with van der Waals surface area (Å²) in [5.74, 6) is -0.0478. The Hall–Kier alpha value is -1.86.